The van der Waals surface area contributed by atoms with E-state index in [0.29, 0.717) is 5.95 Å². The van der Waals surface area contributed by atoms with Gasteiger partial charge in [0, 0.05) is 11.8 Å². The molecule has 1 aromatic heterocycles. The van der Waals surface area contributed by atoms with Crippen molar-refractivity contribution < 1.29 is 9.89 Å². The molecule has 2 aromatic carbocycles. The number of anilines is 1. The monoisotopic (exact) mass is 362 g/mol. The van der Waals surface area contributed by atoms with Crippen LogP contribution < -0.4 is 20.5 Å². The van der Waals surface area contributed by atoms with Crippen molar-refractivity contribution in [1.82, 2.24) is 15.3 Å². The lowest BCUT2D eigenvalue weighted by molar-refractivity contribution is -0.980. The summed E-state index contributed by atoms with van der Waals surface area (Å²) in [5.41, 5.74) is 4.53. The molecule has 0 amide bonds. The van der Waals surface area contributed by atoms with Crippen LogP contribution in [0.3, 0.4) is 0 Å². The van der Waals surface area contributed by atoms with Gasteiger partial charge in [-0.2, -0.15) is 4.98 Å². The summed E-state index contributed by atoms with van der Waals surface area (Å²) in [6.07, 6.45) is 1.08. The molecule has 1 atom stereocenters. The van der Waals surface area contributed by atoms with Gasteiger partial charge in [0.15, 0.2) is 13.3 Å². The smallest absolute Gasteiger partial charge is 0.276 e. The fourth-order valence-corrected chi connectivity index (χ4v) is 3.40. The highest BCUT2D eigenvalue weighted by Gasteiger charge is 2.21. The third kappa shape index (κ3) is 4.06. The number of quaternary nitrogens is 1. The number of nitrogens with one attached hydrogen (secondary N) is 4. The first-order valence-corrected chi connectivity index (χ1v) is 9.42. The minimum Gasteiger partial charge on any atom is -0.276 e. The summed E-state index contributed by atoms with van der Waals surface area (Å²) >= 11 is 0. The van der Waals surface area contributed by atoms with Gasteiger partial charge in [0.2, 0.25) is 0 Å². The number of benzene rings is 2. The van der Waals surface area contributed by atoms with Gasteiger partial charge in [-0.05, 0) is 25.0 Å². The molecule has 0 bridgehead atoms. The van der Waals surface area contributed by atoms with Crippen molar-refractivity contribution >= 4 is 22.8 Å². The number of nitrogens with zero attached hydrogens (tertiary/aromatic N) is 2. The first kappa shape index (κ1) is 17.4. The van der Waals surface area contributed by atoms with Crippen molar-refractivity contribution in [2.75, 3.05) is 25.2 Å². The Labute approximate surface area is 159 Å². The van der Waals surface area contributed by atoms with Crippen LogP contribution in [0.1, 0.15) is 16.8 Å². The highest BCUT2D eigenvalue weighted by molar-refractivity contribution is 5.90. The van der Waals surface area contributed by atoms with E-state index in [2.05, 4.69) is 70.0 Å². The maximum Gasteiger partial charge on any atom is 0.359 e. The SMILES string of the molecule is Cc1nc(NC2=[NH+]C[NH+](CCc3ccccc3)CN2)nc2c(C)cccc12. The number of rotatable bonds is 4. The number of para-hydroxylation sites is 1. The van der Waals surface area contributed by atoms with Crippen molar-refractivity contribution in [3.05, 3.63) is 65.4 Å². The zero-order chi connectivity index (χ0) is 18.6. The van der Waals surface area contributed by atoms with Gasteiger partial charge in [-0.25, -0.2) is 20.6 Å². The molecule has 6 nitrogen and oxygen atoms in total. The Hall–Kier alpha value is -2.99. The topological polar surface area (TPSA) is 68.2 Å². The van der Waals surface area contributed by atoms with Crippen molar-refractivity contribution in [2.45, 2.75) is 20.3 Å². The lowest BCUT2D eigenvalue weighted by Crippen LogP contribution is -3.24. The molecule has 138 valence electrons. The minimum absolute atomic E-state index is 0.622. The number of aromatic nitrogens is 2. The molecule has 6 heteroatoms. The molecule has 2 heterocycles. The largest absolute Gasteiger partial charge is 0.359 e. The Balaban J connectivity index is 1.40. The molecule has 1 aliphatic rings. The first-order valence-electron chi connectivity index (χ1n) is 9.42. The van der Waals surface area contributed by atoms with Crippen LogP contribution in [-0.4, -0.2) is 35.8 Å². The Bertz CT molecular complexity index is 967. The standard InChI is InChI=1S/C21H24N6/c1-15-7-6-10-18-16(2)24-21(25-19(15)18)26-20-22-13-27(14-23-20)12-11-17-8-4-3-5-9-17/h3-10H,11-14H2,1-2H3,(H2,22,23,24,25,26)/p+2. The molecule has 27 heavy (non-hydrogen) atoms. The molecule has 1 aliphatic heterocycles. The Morgan fingerprint density at radius 3 is 2.70 bits per heavy atom. The van der Waals surface area contributed by atoms with Gasteiger partial charge in [0.1, 0.15) is 0 Å². The number of aryl methyl sites for hydroxylation is 2. The van der Waals surface area contributed by atoms with E-state index >= 15 is 0 Å². The lowest BCUT2D eigenvalue weighted by Gasteiger charge is -2.20. The second-order valence-corrected chi connectivity index (χ2v) is 7.05. The predicted octanol–water partition coefficient (Wildman–Crippen LogP) is -0.259. The Morgan fingerprint density at radius 1 is 1.07 bits per heavy atom. The maximum absolute atomic E-state index is 4.69. The molecule has 4 rings (SSSR count). The van der Waals surface area contributed by atoms with E-state index in [-0.39, 0.29) is 0 Å². The summed E-state index contributed by atoms with van der Waals surface area (Å²) in [6.45, 7) is 6.93. The average Bonchev–Trinajstić information content (AvgIpc) is 2.69. The molecule has 0 saturated carbocycles. The zero-order valence-electron chi connectivity index (χ0n) is 15.8. The van der Waals surface area contributed by atoms with E-state index < -0.39 is 0 Å². The van der Waals surface area contributed by atoms with E-state index in [9.17, 15) is 0 Å². The molecule has 0 fully saturated rings. The van der Waals surface area contributed by atoms with Crippen LogP contribution in [0.5, 0.6) is 0 Å². The quantitative estimate of drug-likeness (QED) is 0.516. The van der Waals surface area contributed by atoms with Gasteiger partial charge in [-0.15, -0.1) is 0 Å². The maximum atomic E-state index is 4.69. The summed E-state index contributed by atoms with van der Waals surface area (Å²) in [5.74, 6) is 1.49. The van der Waals surface area contributed by atoms with E-state index in [1.54, 1.807) is 0 Å². The van der Waals surface area contributed by atoms with Crippen LogP contribution >= 0.6 is 0 Å². The van der Waals surface area contributed by atoms with E-state index in [4.69, 9.17) is 4.98 Å². The van der Waals surface area contributed by atoms with Gasteiger partial charge < -0.3 is 0 Å². The highest BCUT2D eigenvalue weighted by atomic mass is 15.4. The van der Waals surface area contributed by atoms with Gasteiger partial charge in [-0.3, -0.25) is 4.90 Å². The Morgan fingerprint density at radius 2 is 1.93 bits per heavy atom. The third-order valence-electron chi connectivity index (χ3n) is 5.00. The van der Waals surface area contributed by atoms with Crippen LogP contribution in [-0.2, 0) is 6.42 Å². The number of fused-ring (bicyclic) bond motifs is 1. The fraction of sp³-hybridized carbons (Fsp3) is 0.286. The third-order valence-corrected chi connectivity index (χ3v) is 5.00. The van der Waals surface area contributed by atoms with Crippen LogP contribution in [0.15, 0.2) is 48.5 Å². The fourth-order valence-electron chi connectivity index (χ4n) is 3.40. The van der Waals surface area contributed by atoms with E-state index in [1.807, 2.05) is 13.0 Å². The normalized spacial score (nSPS) is 16.7. The van der Waals surface area contributed by atoms with Crippen LogP contribution in [0.4, 0.5) is 5.95 Å². The number of hydrogen-bond acceptors (Lipinski definition) is 4. The van der Waals surface area contributed by atoms with Crippen LogP contribution in [0, 0.1) is 13.8 Å². The molecule has 0 saturated heterocycles. The van der Waals surface area contributed by atoms with Crippen LogP contribution in [0.25, 0.3) is 10.9 Å². The van der Waals surface area contributed by atoms with Gasteiger partial charge in [0.25, 0.3) is 5.95 Å². The first-order chi connectivity index (χ1) is 13.2. The average molecular weight is 362 g/mol. The minimum atomic E-state index is 0.622. The lowest BCUT2D eigenvalue weighted by atomic mass is 10.1. The number of hydrogen-bond donors (Lipinski definition) is 4. The van der Waals surface area contributed by atoms with Gasteiger partial charge >= 0.3 is 5.96 Å². The molecule has 0 radical (unpaired) electrons. The molecule has 0 spiro atoms. The summed E-state index contributed by atoms with van der Waals surface area (Å²) < 4.78 is 0. The summed E-state index contributed by atoms with van der Waals surface area (Å²) in [6, 6.07) is 16.8. The number of guanidine groups is 1. The second kappa shape index (κ2) is 7.72. The van der Waals surface area contributed by atoms with Crippen molar-refractivity contribution in [1.29, 1.82) is 0 Å². The second-order valence-electron chi connectivity index (χ2n) is 7.05. The van der Waals surface area contributed by atoms with E-state index in [0.717, 1.165) is 54.4 Å². The van der Waals surface area contributed by atoms with Crippen molar-refractivity contribution in [3.8, 4) is 0 Å². The summed E-state index contributed by atoms with van der Waals surface area (Å²) in [7, 11) is 0. The molecule has 4 N–H and O–H groups in total. The van der Waals surface area contributed by atoms with Gasteiger partial charge in [-0.1, -0.05) is 48.5 Å². The van der Waals surface area contributed by atoms with E-state index in [1.165, 1.54) is 10.5 Å². The molecule has 0 aliphatic carbocycles. The van der Waals surface area contributed by atoms with Crippen molar-refractivity contribution in [3.63, 3.8) is 0 Å². The van der Waals surface area contributed by atoms with Crippen molar-refractivity contribution in [2.24, 2.45) is 0 Å². The van der Waals surface area contributed by atoms with Gasteiger partial charge in [0.05, 0.1) is 17.8 Å². The molecule has 1 unspecified atom stereocenters. The Kier molecular flexibility index (Phi) is 4.98. The van der Waals surface area contributed by atoms with Crippen LogP contribution in [0.2, 0.25) is 0 Å². The summed E-state index contributed by atoms with van der Waals surface area (Å²) in [4.78, 5) is 14.2. The molecular weight excluding hydrogens is 336 g/mol. The summed E-state index contributed by atoms with van der Waals surface area (Å²) in [5, 5.41) is 7.81. The zero-order valence-corrected chi connectivity index (χ0v) is 15.8. The highest BCUT2D eigenvalue weighted by Crippen LogP contribution is 2.19. The predicted molar refractivity (Wildman–Crippen MR) is 107 cm³/mol. The molecular formula is C21H26N6+2. The molecule has 3 aromatic rings.